The molecular weight excluding hydrogens is 1000 g/mol. The van der Waals surface area contributed by atoms with E-state index in [-0.39, 0.29) is 0 Å². The molecule has 0 amide bonds. The van der Waals surface area contributed by atoms with Crippen molar-refractivity contribution in [1.29, 1.82) is 0 Å². The molecule has 3 heterocycles. The first-order chi connectivity index (χ1) is 40.5. The summed E-state index contributed by atoms with van der Waals surface area (Å²) in [4.78, 5) is 18.3. The number of hydrogen-bond acceptors (Lipinski definition) is 6. The Hall–Kier alpha value is -11.0. The van der Waals surface area contributed by atoms with Crippen molar-refractivity contribution in [2.45, 2.75) is 6.92 Å². The Labute approximate surface area is 476 Å². The van der Waals surface area contributed by atoms with E-state index in [1.165, 1.54) is 0 Å². The Morgan fingerprint density at radius 3 is 1.46 bits per heavy atom. The van der Waals surface area contributed by atoms with Crippen LogP contribution in [0.25, 0.3) is 135 Å². The van der Waals surface area contributed by atoms with Crippen molar-refractivity contribution >= 4 is 62.1 Å². The topological polar surface area (TPSA) is 68.2 Å². The van der Waals surface area contributed by atoms with Crippen LogP contribution in [0.5, 0.6) is 0 Å². The van der Waals surface area contributed by atoms with E-state index in [4.69, 9.17) is 23.8 Å². The van der Waals surface area contributed by atoms with Gasteiger partial charge in [0.2, 0.25) is 0 Å². The second-order valence-corrected chi connectivity index (χ2v) is 20.3. The van der Waals surface area contributed by atoms with E-state index in [0.717, 1.165) is 134 Å². The van der Waals surface area contributed by atoms with E-state index in [0.29, 0.717) is 17.5 Å². The van der Waals surface area contributed by atoms with Gasteiger partial charge in [0.05, 0.1) is 5.56 Å². The van der Waals surface area contributed by atoms with Crippen molar-refractivity contribution in [1.82, 2.24) is 15.0 Å². The molecule has 0 aliphatic heterocycles. The first-order valence-corrected chi connectivity index (χ1v) is 27.5. The third-order valence-electron chi connectivity index (χ3n) is 15.2. The molecule has 388 valence electrons. The number of nitrogens with zero attached hydrogens (tertiary/aromatic N) is 4. The number of allylic oxidation sites excluding steroid dienone is 1. The molecule has 0 aliphatic carbocycles. The summed E-state index contributed by atoms with van der Waals surface area (Å²) in [5.41, 5.74) is 19.7. The van der Waals surface area contributed by atoms with Crippen LogP contribution >= 0.6 is 0 Å². The van der Waals surface area contributed by atoms with Crippen LogP contribution in [-0.4, -0.2) is 15.0 Å². The summed E-state index contributed by atoms with van der Waals surface area (Å²) < 4.78 is 13.1. The van der Waals surface area contributed by atoms with Crippen LogP contribution in [0.1, 0.15) is 18.2 Å². The molecule has 0 fully saturated rings. The molecule has 6 heteroatoms. The van der Waals surface area contributed by atoms with Crippen molar-refractivity contribution < 1.29 is 8.83 Å². The number of benzene rings is 11. The van der Waals surface area contributed by atoms with Crippen molar-refractivity contribution in [3.63, 3.8) is 0 Å². The normalized spacial score (nSPS) is 11.5. The molecule has 0 N–H and O–H groups in total. The lowest BCUT2D eigenvalue weighted by atomic mass is 9.96. The zero-order valence-electron chi connectivity index (χ0n) is 44.9. The average Bonchev–Trinajstić information content (AvgIpc) is 4.29. The minimum absolute atomic E-state index is 0.518. The molecule has 14 aromatic rings. The van der Waals surface area contributed by atoms with E-state index in [9.17, 15) is 0 Å². The second kappa shape index (κ2) is 21.4. The van der Waals surface area contributed by atoms with Crippen LogP contribution in [0.3, 0.4) is 0 Å². The van der Waals surface area contributed by atoms with E-state index in [1.54, 1.807) is 6.08 Å². The van der Waals surface area contributed by atoms with Crippen LogP contribution < -0.4 is 4.90 Å². The first kappa shape index (κ1) is 49.4. The Morgan fingerprint density at radius 1 is 0.341 bits per heavy atom. The van der Waals surface area contributed by atoms with E-state index in [2.05, 4.69) is 242 Å². The summed E-state index contributed by atoms with van der Waals surface area (Å²) in [7, 11) is 0. The summed E-state index contributed by atoms with van der Waals surface area (Å²) in [6, 6.07) is 93.5. The minimum Gasteiger partial charge on any atom is -0.455 e. The number of fused-ring (bicyclic) bond motifs is 4. The molecule has 0 unspecified atom stereocenters. The van der Waals surface area contributed by atoms with Gasteiger partial charge in [-0.1, -0.05) is 213 Å². The van der Waals surface area contributed by atoms with E-state index < -0.39 is 0 Å². The lowest BCUT2D eigenvalue weighted by Crippen LogP contribution is -2.10. The fourth-order valence-corrected chi connectivity index (χ4v) is 11.2. The van der Waals surface area contributed by atoms with Crippen LogP contribution in [0.2, 0.25) is 0 Å². The maximum atomic E-state index is 6.62. The molecule has 0 saturated carbocycles. The Kier molecular flexibility index (Phi) is 12.9. The largest absolute Gasteiger partial charge is 0.455 e. The quantitative estimate of drug-likeness (QED) is 0.115. The maximum Gasteiger partial charge on any atom is 0.167 e. The molecule has 0 aliphatic rings. The SMILES string of the molecule is C=Cc1oc2c(-c3ccc(N(c4ccc(-c5ccccc5)cc4)c4cccc(-c5cccc(-c6nc(-c7cc(-c8ccccc8)cc(-c8ccccc8)c7)nc(-c7cccc8c7oc7ccccc78)n6)c5)c4)cc3)cccc2c1/C=C\C. The molecule has 82 heavy (non-hydrogen) atoms. The number of rotatable bonds is 13. The highest BCUT2D eigenvalue weighted by Gasteiger charge is 2.21. The summed E-state index contributed by atoms with van der Waals surface area (Å²) in [5, 5.41) is 3.09. The fourth-order valence-electron chi connectivity index (χ4n) is 11.2. The summed E-state index contributed by atoms with van der Waals surface area (Å²) >= 11 is 0. The molecule has 0 spiro atoms. The van der Waals surface area contributed by atoms with Gasteiger partial charge in [-0.2, -0.15) is 0 Å². The highest BCUT2D eigenvalue weighted by molar-refractivity contribution is 6.09. The molecule has 6 nitrogen and oxygen atoms in total. The van der Waals surface area contributed by atoms with E-state index >= 15 is 0 Å². The highest BCUT2D eigenvalue weighted by atomic mass is 16.3. The van der Waals surface area contributed by atoms with Crippen molar-refractivity contribution in [2.75, 3.05) is 4.90 Å². The predicted molar refractivity (Wildman–Crippen MR) is 340 cm³/mol. The minimum atomic E-state index is 0.518. The van der Waals surface area contributed by atoms with Gasteiger partial charge in [-0.05, 0) is 136 Å². The molecular formula is C76H52N4O2. The summed E-state index contributed by atoms with van der Waals surface area (Å²) in [6.07, 6.45) is 5.90. The van der Waals surface area contributed by atoms with Gasteiger partial charge < -0.3 is 13.7 Å². The first-order valence-electron chi connectivity index (χ1n) is 27.5. The van der Waals surface area contributed by atoms with Gasteiger partial charge in [0.25, 0.3) is 0 Å². The molecule has 0 radical (unpaired) electrons. The zero-order chi connectivity index (χ0) is 54.9. The molecule has 0 saturated heterocycles. The molecule has 3 aromatic heterocycles. The van der Waals surface area contributed by atoms with Gasteiger partial charge in [-0.15, -0.1) is 0 Å². The standard InChI is InChI=1S/C76H52N4O2/c1-3-20-65-67-33-18-32-64(72(67)81-70(65)4-2)54-39-43-62(44-40-54)80(61-41-37-53(38-42-61)50-21-8-5-9-22-50)63-30-17-28-56(49-63)55-27-16-29-57(45-55)74-77-75(79-76(78-74)69-35-19-34-68-66-31-14-15-36-71(66)82-73(68)69)60-47-58(51-23-10-6-11-24-51)46-59(48-60)52-25-12-7-13-26-52/h3-49H,2H2,1H3/b20-3-. The monoisotopic (exact) mass is 1050 g/mol. The van der Waals surface area contributed by atoms with Crippen molar-refractivity contribution in [2.24, 2.45) is 0 Å². The fraction of sp³-hybridized carbons (Fsp3) is 0.0132. The van der Waals surface area contributed by atoms with E-state index in [1.807, 2.05) is 55.5 Å². The number of hydrogen-bond donors (Lipinski definition) is 0. The number of para-hydroxylation sites is 3. The zero-order valence-corrected chi connectivity index (χ0v) is 44.9. The Morgan fingerprint density at radius 2 is 0.805 bits per heavy atom. The molecule has 14 rings (SSSR count). The van der Waals surface area contributed by atoms with Gasteiger partial charge in [-0.3, -0.25) is 0 Å². The average molecular weight is 1050 g/mol. The second-order valence-electron chi connectivity index (χ2n) is 20.3. The highest BCUT2D eigenvalue weighted by Crippen LogP contribution is 2.42. The maximum absolute atomic E-state index is 6.62. The van der Waals surface area contributed by atoms with Gasteiger partial charge in [0.1, 0.15) is 22.5 Å². The predicted octanol–water partition coefficient (Wildman–Crippen LogP) is 21.0. The smallest absolute Gasteiger partial charge is 0.167 e. The summed E-state index contributed by atoms with van der Waals surface area (Å²) in [6.45, 7) is 6.06. The van der Waals surface area contributed by atoms with Crippen molar-refractivity contribution in [3.8, 4) is 89.8 Å². The van der Waals surface area contributed by atoms with Gasteiger partial charge in [-0.25, -0.2) is 15.0 Å². The van der Waals surface area contributed by atoms with Crippen LogP contribution in [-0.2, 0) is 0 Å². The summed E-state index contributed by atoms with van der Waals surface area (Å²) in [5.74, 6) is 2.37. The Bertz CT molecular complexity index is 4640. The van der Waals surface area contributed by atoms with Gasteiger partial charge >= 0.3 is 0 Å². The van der Waals surface area contributed by atoms with Crippen LogP contribution in [0.15, 0.2) is 288 Å². The van der Waals surface area contributed by atoms with Gasteiger partial charge in [0.15, 0.2) is 17.5 Å². The number of furan rings is 2. The third-order valence-corrected chi connectivity index (χ3v) is 15.2. The van der Waals surface area contributed by atoms with Crippen LogP contribution in [0.4, 0.5) is 17.1 Å². The molecule has 0 atom stereocenters. The molecule has 0 bridgehead atoms. The lowest BCUT2D eigenvalue weighted by Gasteiger charge is -2.26. The number of aromatic nitrogens is 3. The van der Waals surface area contributed by atoms with Crippen LogP contribution in [0, 0.1) is 0 Å². The van der Waals surface area contributed by atoms with Gasteiger partial charge in [0, 0.05) is 55.5 Å². The number of anilines is 3. The van der Waals surface area contributed by atoms with Crippen molar-refractivity contribution in [3.05, 3.63) is 291 Å². The molecule has 11 aromatic carbocycles. The lowest BCUT2D eigenvalue weighted by molar-refractivity contribution is 0.604. The Balaban J connectivity index is 0.888. The third kappa shape index (κ3) is 9.34.